The predicted octanol–water partition coefficient (Wildman–Crippen LogP) is 8.74. The minimum Gasteiger partial charge on any atom is -0.491 e. The second-order valence-corrected chi connectivity index (χ2v) is 8.71. The largest absolute Gasteiger partial charge is 0.491 e. The van der Waals surface area contributed by atoms with Crippen molar-refractivity contribution in [3.8, 4) is 28.0 Å². The zero-order valence-corrected chi connectivity index (χ0v) is 20.4. The number of ether oxygens (including phenoxy) is 1. The molecule has 0 unspecified atom stereocenters. The summed E-state index contributed by atoms with van der Waals surface area (Å²) in [4.78, 5) is 0. The van der Waals surface area contributed by atoms with Gasteiger partial charge in [0, 0.05) is 11.1 Å². The lowest BCUT2D eigenvalue weighted by Gasteiger charge is -2.11. The smallest absolute Gasteiger partial charge is 0.201 e. The molecule has 0 fully saturated rings. The molecular formula is C32H29F3O. The number of allylic oxidation sites excluding steroid dienone is 1. The van der Waals surface area contributed by atoms with E-state index in [4.69, 9.17) is 4.74 Å². The molecule has 0 aliphatic carbocycles. The molecule has 184 valence electrons. The summed E-state index contributed by atoms with van der Waals surface area (Å²) in [6.45, 7) is 5.67. The third-order valence-electron chi connectivity index (χ3n) is 6.25. The Kier molecular flexibility index (Phi) is 8.27. The summed E-state index contributed by atoms with van der Waals surface area (Å²) in [6, 6.07) is 24.3. The van der Waals surface area contributed by atoms with Gasteiger partial charge in [-0.3, -0.25) is 0 Å². The molecule has 0 radical (unpaired) electrons. The van der Waals surface area contributed by atoms with Crippen LogP contribution in [0.25, 0.3) is 22.3 Å². The van der Waals surface area contributed by atoms with Gasteiger partial charge in [0.1, 0.15) is 5.82 Å². The lowest BCUT2D eigenvalue weighted by Crippen LogP contribution is -2.00. The maximum Gasteiger partial charge on any atom is 0.201 e. The normalized spacial score (nSPS) is 10.9. The van der Waals surface area contributed by atoms with Gasteiger partial charge < -0.3 is 4.74 Å². The van der Waals surface area contributed by atoms with E-state index in [0.717, 1.165) is 36.0 Å². The molecule has 0 bridgehead atoms. The Morgan fingerprint density at radius 2 is 1.22 bits per heavy atom. The van der Waals surface area contributed by atoms with E-state index < -0.39 is 17.5 Å². The van der Waals surface area contributed by atoms with Crippen molar-refractivity contribution in [2.75, 3.05) is 6.61 Å². The summed E-state index contributed by atoms with van der Waals surface area (Å²) in [7, 11) is 0. The summed E-state index contributed by atoms with van der Waals surface area (Å²) in [6.07, 6.45) is 5.27. The van der Waals surface area contributed by atoms with Gasteiger partial charge in [0.05, 0.1) is 6.61 Å². The first-order chi connectivity index (χ1) is 17.5. The number of aryl methyl sites for hydroxylation is 3. The van der Waals surface area contributed by atoms with E-state index in [1.807, 2.05) is 6.08 Å². The van der Waals surface area contributed by atoms with Crippen LogP contribution in [0.2, 0.25) is 0 Å². The number of hydrogen-bond acceptors (Lipinski definition) is 1. The molecule has 4 heteroatoms. The maximum atomic E-state index is 14.8. The molecule has 4 aromatic carbocycles. The fourth-order valence-corrected chi connectivity index (χ4v) is 4.22. The van der Waals surface area contributed by atoms with Gasteiger partial charge in [0.15, 0.2) is 11.6 Å². The first-order valence-electron chi connectivity index (χ1n) is 12.2. The van der Waals surface area contributed by atoms with Crippen molar-refractivity contribution in [2.45, 2.75) is 32.6 Å². The predicted molar refractivity (Wildman–Crippen MR) is 141 cm³/mol. The van der Waals surface area contributed by atoms with E-state index >= 15 is 0 Å². The standard InChI is InChI=1S/C32H29F3O/c1-3-5-6-22-9-14-25(15-10-22)26-16-11-23(12-17-26)7-8-24-13-18-27(29(33)21-24)28-19-20-30(36-4-2)32(35)31(28)34/h3,9-21H,1,4-8H2,2H3. The average Bonchev–Trinajstić information content (AvgIpc) is 2.90. The minimum atomic E-state index is -1.11. The quantitative estimate of drug-likeness (QED) is 0.204. The number of halogens is 3. The molecule has 0 aliphatic rings. The Balaban J connectivity index is 1.41. The summed E-state index contributed by atoms with van der Waals surface area (Å²) in [5.41, 5.74) is 5.45. The van der Waals surface area contributed by atoms with Crippen LogP contribution in [0.5, 0.6) is 5.75 Å². The average molecular weight is 487 g/mol. The van der Waals surface area contributed by atoms with Crippen molar-refractivity contribution >= 4 is 0 Å². The second kappa shape index (κ2) is 11.8. The third kappa shape index (κ3) is 5.88. The highest BCUT2D eigenvalue weighted by molar-refractivity contribution is 5.66. The van der Waals surface area contributed by atoms with Crippen LogP contribution in [0, 0.1) is 17.5 Å². The van der Waals surface area contributed by atoms with Crippen molar-refractivity contribution in [1.29, 1.82) is 0 Å². The Hall–Kier alpha value is -3.79. The summed E-state index contributed by atoms with van der Waals surface area (Å²) < 4.78 is 48.7. The highest BCUT2D eigenvalue weighted by atomic mass is 19.2. The van der Waals surface area contributed by atoms with Crippen molar-refractivity contribution in [2.24, 2.45) is 0 Å². The van der Waals surface area contributed by atoms with Crippen LogP contribution in [0.4, 0.5) is 13.2 Å². The van der Waals surface area contributed by atoms with Crippen LogP contribution < -0.4 is 4.74 Å². The van der Waals surface area contributed by atoms with E-state index in [2.05, 4.69) is 55.1 Å². The van der Waals surface area contributed by atoms with E-state index in [1.165, 1.54) is 35.4 Å². The van der Waals surface area contributed by atoms with E-state index in [1.54, 1.807) is 13.0 Å². The van der Waals surface area contributed by atoms with Crippen LogP contribution >= 0.6 is 0 Å². The number of hydrogen-bond donors (Lipinski definition) is 0. The molecule has 4 aromatic rings. The second-order valence-electron chi connectivity index (χ2n) is 8.71. The fourth-order valence-electron chi connectivity index (χ4n) is 4.22. The van der Waals surface area contributed by atoms with Gasteiger partial charge in [-0.1, -0.05) is 66.7 Å². The molecule has 0 atom stereocenters. The van der Waals surface area contributed by atoms with Crippen LogP contribution in [0.15, 0.2) is 91.5 Å². The van der Waals surface area contributed by atoms with Crippen molar-refractivity contribution in [3.05, 3.63) is 126 Å². The zero-order valence-electron chi connectivity index (χ0n) is 20.4. The highest BCUT2D eigenvalue weighted by Crippen LogP contribution is 2.32. The molecule has 0 aromatic heterocycles. The maximum absolute atomic E-state index is 14.8. The molecule has 0 saturated carbocycles. The van der Waals surface area contributed by atoms with Gasteiger partial charge in [-0.2, -0.15) is 4.39 Å². The lowest BCUT2D eigenvalue weighted by atomic mass is 9.97. The molecule has 0 saturated heterocycles. The zero-order chi connectivity index (χ0) is 25.5. The highest BCUT2D eigenvalue weighted by Gasteiger charge is 2.18. The third-order valence-corrected chi connectivity index (χ3v) is 6.25. The first-order valence-corrected chi connectivity index (χ1v) is 12.2. The van der Waals surface area contributed by atoms with Crippen LogP contribution in [0.3, 0.4) is 0 Å². The van der Waals surface area contributed by atoms with Gasteiger partial charge in [0.2, 0.25) is 5.82 Å². The molecule has 0 heterocycles. The molecule has 4 rings (SSSR count). The van der Waals surface area contributed by atoms with Crippen molar-refractivity contribution in [3.63, 3.8) is 0 Å². The van der Waals surface area contributed by atoms with Gasteiger partial charge >= 0.3 is 0 Å². The Labute approximate surface area is 210 Å². The van der Waals surface area contributed by atoms with Crippen LogP contribution in [0.1, 0.15) is 30.0 Å². The number of rotatable bonds is 10. The summed E-state index contributed by atoms with van der Waals surface area (Å²) in [5, 5.41) is 0. The molecule has 36 heavy (non-hydrogen) atoms. The Morgan fingerprint density at radius 1 is 0.667 bits per heavy atom. The molecule has 0 N–H and O–H groups in total. The van der Waals surface area contributed by atoms with Gasteiger partial charge in [-0.25, -0.2) is 8.78 Å². The van der Waals surface area contributed by atoms with Crippen LogP contribution in [-0.4, -0.2) is 6.61 Å². The van der Waals surface area contributed by atoms with Crippen molar-refractivity contribution < 1.29 is 17.9 Å². The SMILES string of the molecule is C=CCCc1ccc(-c2ccc(CCc3ccc(-c4ccc(OCC)c(F)c4F)c(F)c3)cc2)cc1. The Morgan fingerprint density at radius 3 is 1.81 bits per heavy atom. The monoisotopic (exact) mass is 486 g/mol. The fraction of sp³-hybridized carbons (Fsp3) is 0.188. The van der Waals surface area contributed by atoms with Gasteiger partial charge in [0.25, 0.3) is 0 Å². The molecule has 0 amide bonds. The lowest BCUT2D eigenvalue weighted by molar-refractivity contribution is 0.314. The van der Waals surface area contributed by atoms with Gasteiger partial charge in [-0.15, -0.1) is 6.58 Å². The van der Waals surface area contributed by atoms with E-state index in [0.29, 0.717) is 6.42 Å². The van der Waals surface area contributed by atoms with Crippen LogP contribution in [-0.2, 0) is 19.3 Å². The number of benzene rings is 4. The van der Waals surface area contributed by atoms with Crippen molar-refractivity contribution in [1.82, 2.24) is 0 Å². The molecule has 0 spiro atoms. The Bertz CT molecular complexity index is 1330. The van der Waals surface area contributed by atoms with E-state index in [9.17, 15) is 13.2 Å². The molecule has 0 aliphatic heterocycles. The van der Waals surface area contributed by atoms with E-state index in [-0.39, 0.29) is 23.5 Å². The molecule has 1 nitrogen and oxygen atoms in total. The topological polar surface area (TPSA) is 9.23 Å². The summed E-state index contributed by atoms with van der Waals surface area (Å²) >= 11 is 0. The molecular weight excluding hydrogens is 457 g/mol. The first kappa shape index (κ1) is 25.3. The summed E-state index contributed by atoms with van der Waals surface area (Å²) in [5.74, 6) is -2.98. The minimum absolute atomic E-state index is 0.0260. The van der Waals surface area contributed by atoms with Gasteiger partial charge in [-0.05, 0) is 78.6 Å².